The van der Waals surface area contributed by atoms with Gasteiger partial charge in [0.1, 0.15) is 6.61 Å². The number of benzene rings is 1. The quantitative estimate of drug-likeness (QED) is 0.110. The molecule has 1 aliphatic rings. The topological polar surface area (TPSA) is 138 Å². The lowest BCUT2D eigenvalue weighted by molar-refractivity contribution is -0.171. The van der Waals surface area contributed by atoms with Crippen LogP contribution in [0.5, 0.6) is 0 Å². The molecule has 0 bridgehead atoms. The number of carbonyl (C=O) groups is 4. The molecule has 1 N–H and O–H groups in total. The summed E-state index contributed by atoms with van der Waals surface area (Å²) in [5, 5.41) is 2.45. The number of Topliss-reactive ketones (excluding diaryl/α,β-unsaturated/α-hetero) is 1. The minimum Gasteiger partial charge on any atom is -0.457 e. The fraction of sp³-hybridized carbons (Fsp3) is 0.500. The first-order chi connectivity index (χ1) is 15.4. The zero-order valence-electron chi connectivity index (χ0n) is 19.7. The third-order valence-electron chi connectivity index (χ3n) is 6.02. The van der Waals surface area contributed by atoms with Gasteiger partial charge in [0.15, 0.2) is 20.5 Å². The second-order valence-electron chi connectivity index (χ2n) is 9.13. The summed E-state index contributed by atoms with van der Waals surface area (Å²) in [6.07, 6.45) is -0.919. The Morgan fingerprint density at radius 3 is 2.30 bits per heavy atom. The predicted molar refractivity (Wildman–Crippen MR) is 122 cm³/mol. The molecule has 0 spiro atoms. The highest BCUT2D eigenvalue weighted by atomic mass is 28.3. The van der Waals surface area contributed by atoms with Gasteiger partial charge in [0.05, 0.1) is 6.61 Å². The zero-order chi connectivity index (χ0) is 25.0. The van der Waals surface area contributed by atoms with Crippen LogP contribution in [0.15, 0.2) is 30.3 Å². The van der Waals surface area contributed by atoms with Crippen molar-refractivity contribution < 1.29 is 33.4 Å². The zero-order valence-corrected chi connectivity index (χ0v) is 20.7. The van der Waals surface area contributed by atoms with Crippen LogP contribution in [0.4, 0.5) is 0 Å². The third kappa shape index (κ3) is 5.44. The minimum atomic E-state index is -2.44. The smallest absolute Gasteiger partial charge is 0.443 e. The van der Waals surface area contributed by atoms with Crippen LogP contribution in [0.3, 0.4) is 0 Å². The van der Waals surface area contributed by atoms with Crippen molar-refractivity contribution in [3.8, 4) is 0 Å². The molecule has 1 aromatic carbocycles. The molecule has 1 heterocycles. The summed E-state index contributed by atoms with van der Waals surface area (Å²) in [5.74, 6) is -2.73. The highest BCUT2D eigenvalue weighted by molar-refractivity contribution is 6.80. The van der Waals surface area contributed by atoms with Crippen molar-refractivity contribution in [2.45, 2.75) is 58.1 Å². The number of amides is 2. The molecule has 0 aromatic heterocycles. The normalized spacial score (nSPS) is 18.1. The van der Waals surface area contributed by atoms with Gasteiger partial charge >= 0.3 is 11.7 Å². The lowest BCUT2D eigenvalue weighted by atomic mass is 10.1. The maximum atomic E-state index is 13.1. The van der Waals surface area contributed by atoms with Crippen molar-refractivity contribution in [1.82, 2.24) is 9.88 Å². The average Bonchev–Trinajstić information content (AvgIpc) is 2.74. The Morgan fingerprint density at radius 2 is 1.79 bits per heavy atom. The van der Waals surface area contributed by atoms with Gasteiger partial charge in [-0.1, -0.05) is 52.1 Å². The molecule has 1 aromatic rings. The molecule has 10 nitrogen and oxygen atoms in total. The number of ether oxygens (including phenoxy) is 2. The standard InChI is InChI=1S/C22H30N4O6Si/c1-7-31-21(30)16(25-23)15(27)13-32-20-17(24-18(28)14-11-9-8-10-12-14)19(29)26(20)33(5,6)22(2,3)4/h8-12,17,20H,7,13H2,1-6H3,(H,24,28). The van der Waals surface area contributed by atoms with Crippen LogP contribution in [-0.2, 0) is 23.9 Å². The summed E-state index contributed by atoms with van der Waals surface area (Å²) in [6.45, 7) is 10.9. The van der Waals surface area contributed by atoms with Crippen molar-refractivity contribution >= 4 is 37.5 Å². The number of nitrogens with one attached hydrogen (secondary N) is 1. The number of esters is 1. The number of hydrogen-bond acceptors (Lipinski definition) is 6. The van der Waals surface area contributed by atoms with Crippen molar-refractivity contribution in [1.29, 1.82) is 0 Å². The number of hydrogen-bond donors (Lipinski definition) is 1. The van der Waals surface area contributed by atoms with E-state index in [-0.39, 0.29) is 17.6 Å². The lowest BCUT2D eigenvalue weighted by Crippen LogP contribution is -2.79. The first-order valence-corrected chi connectivity index (χ1v) is 13.5. The Hall–Kier alpha value is -3.14. The van der Waals surface area contributed by atoms with Gasteiger partial charge in [0.25, 0.3) is 11.7 Å². The first-order valence-electron chi connectivity index (χ1n) is 10.6. The number of nitrogens with zero attached hydrogens (tertiary/aromatic N) is 3. The molecule has 1 aliphatic heterocycles. The van der Waals surface area contributed by atoms with E-state index >= 15 is 0 Å². The van der Waals surface area contributed by atoms with Crippen LogP contribution in [0, 0.1) is 0 Å². The summed E-state index contributed by atoms with van der Waals surface area (Å²) in [4.78, 5) is 52.7. The van der Waals surface area contributed by atoms with Gasteiger partial charge < -0.3 is 24.9 Å². The molecule has 11 heteroatoms. The Morgan fingerprint density at radius 1 is 1.18 bits per heavy atom. The van der Waals surface area contributed by atoms with Gasteiger partial charge in [0, 0.05) is 5.56 Å². The first kappa shape index (κ1) is 26.1. The summed E-state index contributed by atoms with van der Waals surface area (Å²) in [6, 6.07) is 7.41. The molecule has 2 atom stereocenters. The van der Waals surface area contributed by atoms with Crippen molar-refractivity contribution in [2.24, 2.45) is 0 Å². The van der Waals surface area contributed by atoms with E-state index in [1.54, 1.807) is 41.8 Å². The van der Waals surface area contributed by atoms with Gasteiger partial charge in [-0.25, -0.2) is 4.79 Å². The van der Waals surface area contributed by atoms with Crippen molar-refractivity contribution in [2.75, 3.05) is 13.2 Å². The van der Waals surface area contributed by atoms with E-state index in [4.69, 9.17) is 15.0 Å². The number of ketones is 1. The molecular formula is C22H30N4O6Si. The van der Waals surface area contributed by atoms with Crippen molar-refractivity contribution in [3.63, 3.8) is 0 Å². The summed E-state index contributed by atoms with van der Waals surface area (Å²) in [5.41, 5.74) is 8.63. The maximum Gasteiger partial charge on any atom is 0.443 e. The van der Waals surface area contributed by atoms with Gasteiger partial charge in [-0.15, -0.1) is 0 Å². The molecule has 178 valence electrons. The summed E-state index contributed by atoms with van der Waals surface area (Å²) in [7, 11) is -2.44. The SMILES string of the molecule is CCOC(=O)C(=[N+]=[N-])C(=O)COC1C(NC(=O)c2ccccc2)C(=O)N1[Si](C)(C)C(C)(C)C. The highest BCUT2D eigenvalue weighted by Crippen LogP contribution is 2.43. The summed E-state index contributed by atoms with van der Waals surface area (Å²) >= 11 is 0. The van der Waals surface area contributed by atoms with Crippen LogP contribution >= 0.6 is 0 Å². The fourth-order valence-electron chi connectivity index (χ4n) is 3.18. The summed E-state index contributed by atoms with van der Waals surface area (Å²) < 4.78 is 12.1. The molecule has 2 rings (SSSR count). The Balaban J connectivity index is 2.25. The van der Waals surface area contributed by atoms with E-state index in [1.165, 1.54) is 0 Å². The third-order valence-corrected chi connectivity index (χ3v) is 11.4. The van der Waals surface area contributed by atoms with Crippen LogP contribution in [0.1, 0.15) is 38.1 Å². The maximum absolute atomic E-state index is 13.1. The molecule has 0 aliphatic carbocycles. The minimum absolute atomic E-state index is 0.00411. The molecule has 0 saturated carbocycles. The molecule has 2 amide bonds. The van der Waals surface area contributed by atoms with Gasteiger partial charge in [-0.3, -0.25) is 14.4 Å². The second-order valence-corrected chi connectivity index (χ2v) is 14.2. The van der Waals surface area contributed by atoms with Crippen molar-refractivity contribution in [3.05, 3.63) is 41.4 Å². The van der Waals surface area contributed by atoms with Gasteiger partial charge in [0.2, 0.25) is 5.91 Å². The molecular weight excluding hydrogens is 444 g/mol. The number of carbonyl (C=O) groups excluding carboxylic acids is 4. The van der Waals surface area contributed by atoms with E-state index in [2.05, 4.69) is 10.1 Å². The van der Waals surface area contributed by atoms with Gasteiger partial charge in [-0.2, -0.15) is 4.79 Å². The van der Waals surface area contributed by atoms with Crippen LogP contribution in [0.2, 0.25) is 18.1 Å². The van der Waals surface area contributed by atoms with E-state index in [0.29, 0.717) is 5.56 Å². The molecule has 0 radical (unpaired) electrons. The predicted octanol–water partition coefficient (Wildman–Crippen LogP) is 1.78. The Labute approximate surface area is 193 Å². The van der Waals surface area contributed by atoms with E-state index in [9.17, 15) is 19.2 Å². The molecule has 2 unspecified atom stereocenters. The fourth-order valence-corrected chi connectivity index (χ4v) is 5.45. The van der Waals surface area contributed by atoms with E-state index in [1.807, 2.05) is 33.9 Å². The van der Waals surface area contributed by atoms with Gasteiger partial charge in [-0.05, 0) is 24.1 Å². The number of β-lactam (4-membered cyclic amide) rings is 1. The van der Waals surface area contributed by atoms with E-state index < -0.39 is 50.5 Å². The number of rotatable bonds is 9. The molecule has 33 heavy (non-hydrogen) atoms. The second kappa shape index (κ2) is 10.2. The van der Waals surface area contributed by atoms with Crippen LogP contribution in [-0.4, -0.2) is 72.4 Å². The van der Waals surface area contributed by atoms with Crippen LogP contribution in [0.25, 0.3) is 5.53 Å². The highest BCUT2D eigenvalue weighted by Gasteiger charge is 2.59. The largest absolute Gasteiger partial charge is 0.457 e. The monoisotopic (exact) mass is 474 g/mol. The molecule has 1 fully saturated rings. The Kier molecular flexibility index (Phi) is 8.07. The molecule has 1 saturated heterocycles. The van der Waals surface area contributed by atoms with E-state index in [0.717, 1.165) is 0 Å². The van der Waals surface area contributed by atoms with Crippen LogP contribution < -0.4 is 5.32 Å². The average molecular weight is 475 g/mol. The Bertz CT molecular complexity index is 982. The lowest BCUT2D eigenvalue weighted by Gasteiger charge is -2.57.